The van der Waals surface area contributed by atoms with Crippen LogP contribution in [0.3, 0.4) is 0 Å². The monoisotopic (exact) mass is 171 g/mol. The van der Waals surface area contributed by atoms with E-state index in [-0.39, 0.29) is 12.4 Å². The summed E-state index contributed by atoms with van der Waals surface area (Å²) >= 11 is 0. The molecule has 0 fully saturated rings. The molecule has 0 saturated heterocycles. The van der Waals surface area contributed by atoms with Crippen molar-refractivity contribution in [3.8, 4) is 0 Å². The maximum atomic E-state index is 3.97. The van der Waals surface area contributed by atoms with Crippen LogP contribution in [0.15, 0.2) is 24.3 Å². The van der Waals surface area contributed by atoms with Gasteiger partial charge in [-0.05, 0) is 19.4 Å². The van der Waals surface area contributed by atoms with Gasteiger partial charge in [0.15, 0.2) is 0 Å². The van der Waals surface area contributed by atoms with Crippen molar-refractivity contribution in [3.63, 3.8) is 0 Å². The number of quaternary nitrogens is 1. The van der Waals surface area contributed by atoms with E-state index in [1.54, 1.807) is 0 Å². The van der Waals surface area contributed by atoms with E-state index in [0.717, 1.165) is 0 Å². The average molecular weight is 172 g/mol. The minimum atomic E-state index is 0. The molecule has 0 aliphatic carbocycles. The number of hydrogen-bond acceptors (Lipinski definition) is 0. The maximum absolute atomic E-state index is 3.97. The standard InChI is InChI=1S/C9H13N.ClH/c1-7-5-3-4-6-9(7)8(2)10;/h3-6,8H,10H2,1-2H3;1H/t8-;/m0./s1. The van der Waals surface area contributed by atoms with Crippen LogP contribution in [-0.4, -0.2) is 0 Å². The first-order valence-electron chi connectivity index (χ1n) is 3.60. The zero-order valence-electron chi connectivity index (χ0n) is 6.97. The number of halogens is 1. The lowest BCUT2D eigenvalue weighted by atomic mass is 10.0. The van der Waals surface area contributed by atoms with Crippen LogP contribution in [0.1, 0.15) is 24.1 Å². The predicted octanol–water partition coefficient (Wildman–Crippen LogP) is -1.70. The zero-order chi connectivity index (χ0) is 7.56. The molecule has 1 rings (SSSR count). The van der Waals surface area contributed by atoms with Gasteiger partial charge in [0.05, 0.1) is 0 Å². The smallest absolute Gasteiger partial charge is 0.107 e. The Hall–Kier alpha value is -0.530. The van der Waals surface area contributed by atoms with E-state index >= 15 is 0 Å². The normalized spacial score (nSPS) is 11.9. The molecule has 0 spiro atoms. The van der Waals surface area contributed by atoms with Crippen molar-refractivity contribution in [2.45, 2.75) is 19.9 Å². The molecule has 1 nitrogen and oxygen atoms in total. The lowest BCUT2D eigenvalue weighted by molar-refractivity contribution is -0.420. The van der Waals surface area contributed by atoms with E-state index in [2.05, 4.69) is 43.8 Å². The summed E-state index contributed by atoms with van der Waals surface area (Å²) in [5.74, 6) is 0. The highest BCUT2D eigenvalue weighted by Gasteiger charge is 2.03. The van der Waals surface area contributed by atoms with Gasteiger partial charge in [-0.25, -0.2) is 0 Å². The van der Waals surface area contributed by atoms with E-state index in [4.69, 9.17) is 0 Å². The molecular formula is C9H14ClN. The molecule has 11 heavy (non-hydrogen) atoms. The third kappa shape index (κ3) is 2.52. The van der Waals surface area contributed by atoms with Crippen LogP contribution in [0.25, 0.3) is 0 Å². The molecule has 1 aromatic rings. The number of benzene rings is 1. The van der Waals surface area contributed by atoms with Gasteiger partial charge in [0.1, 0.15) is 6.04 Å². The summed E-state index contributed by atoms with van der Waals surface area (Å²) in [4.78, 5) is 0. The molecule has 0 aliphatic rings. The van der Waals surface area contributed by atoms with Crippen LogP contribution < -0.4 is 18.1 Å². The van der Waals surface area contributed by atoms with E-state index in [1.807, 2.05) is 0 Å². The summed E-state index contributed by atoms with van der Waals surface area (Å²) in [6.45, 7) is 4.24. The van der Waals surface area contributed by atoms with Crippen LogP contribution in [0.2, 0.25) is 0 Å². The van der Waals surface area contributed by atoms with Crippen LogP contribution in [-0.2, 0) is 0 Å². The lowest BCUT2D eigenvalue weighted by Gasteiger charge is -2.04. The quantitative estimate of drug-likeness (QED) is 0.522. The highest BCUT2D eigenvalue weighted by Crippen LogP contribution is 2.11. The summed E-state index contributed by atoms with van der Waals surface area (Å²) in [7, 11) is 0. The molecule has 1 aromatic carbocycles. The van der Waals surface area contributed by atoms with Crippen LogP contribution in [0, 0.1) is 6.92 Å². The molecule has 0 aromatic heterocycles. The lowest BCUT2D eigenvalue weighted by Crippen LogP contribution is -3.00. The third-order valence-corrected chi connectivity index (χ3v) is 1.72. The second kappa shape index (κ2) is 4.37. The highest BCUT2D eigenvalue weighted by atomic mass is 35.5. The van der Waals surface area contributed by atoms with Gasteiger partial charge in [-0.15, -0.1) is 0 Å². The van der Waals surface area contributed by atoms with Gasteiger partial charge in [-0.1, -0.05) is 24.3 Å². The van der Waals surface area contributed by atoms with E-state index in [1.165, 1.54) is 11.1 Å². The molecule has 3 N–H and O–H groups in total. The van der Waals surface area contributed by atoms with Crippen molar-refractivity contribution in [2.24, 2.45) is 0 Å². The molecule has 0 aliphatic heterocycles. The topological polar surface area (TPSA) is 27.6 Å². The van der Waals surface area contributed by atoms with Gasteiger partial charge < -0.3 is 18.1 Å². The van der Waals surface area contributed by atoms with Gasteiger partial charge >= 0.3 is 0 Å². The molecule has 0 unspecified atom stereocenters. The third-order valence-electron chi connectivity index (χ3n) is 1.72. The Morgan fingerprint density at radius 2 is 1.82 bits per heavy atom. The van der Waals surface area contributed by atoms with Gasteiger partial charge in [-0.2, -0.15) is 0 Å². The Bertz CT molecular complexity index is 221. The molecular weight excluding hydrogens is 158 g/mol. The van der Waals surface area contributed by atoms with Gasteiger partial charge in [0.25, 0.3) is 0 Å². The maximum Gasteiger partial charge on any atom is 0.107 e. The number of aryl methyl sites for hydroxylation is 1. The summed E-state index contributed by atoms with van der Waals surface area (Å²) in [6.07, 6.45) is 0. The van der Waals surface area contributed by atoms with Crippen molar-refractivity contribution >= 4 is 0 Å². The van der Waals surface area contributed by atoms with Crippen molar-refractivity contribution in [3.05, 3.63) is 35.4 Å². The Morgan fingerprint density at radius 3 is 2.18 bits per heavy atom. The highest BCUT2D eigenvalue weighted by molar-refractivity contribution is 5.26. The van der Waals surface area contributed by atoms with Crippen LogP contribution >= 0.6 is 0 Å². The fraction of sp³-hybridized carbons (Fsp3) is 0.333. The summed E-state index contributed by atoms with van der Waals surface area (Å²) in [5, 5.41) is 0. The molecule has 0 heterocycles. The van der Waals surface area contributed by atoms with Gasteiger partial charge in [0, 0.05) is 5.56 Å². The van der Waals surface area contributed by atoms with Gasteiger partial charge in [-0.3, -0.25) is 0 Å². The van der Waals surface area contributed by atoms with Crippen LogP contribution in [0.4, 0.5) is 0 Å². The molecule has 62 valence electrons. The minimum absolute atomic E-state index is 0. The van der Waals surface area contributed by atoms with E-state index < -0.39 is 0 Å². The molecule has 2 heteroatoms. The first kappa shape index (κ1) is 10.5. The Balaban J connectivity index is 0.000001000. The van der Waals surface area contributed by atoms with Crippen molar-refractivity contribution in [1.29, 1.82) is 0 Å². The molecule has 0 saturated carbocycles. The van der Waals surface area contributed by atoms with Crippen molar-refractivity contribution in [2.75, 3.05) is 0 Å². The van der Waals surface area contributed by atoms with E-state index in [9.17, 15) is 0 Å². The summed E-state index contributed by atoms with van der Waals surface area (Å²) in [6, 6.07) is 8.77. The molecule has 0 bridgehead atoms. The molecule has 0 radical (unpaired) electrons. The Kier molecular flexibility index (Phi) is 4.16. The van der Waals surface area contributed by atoms with E-state index in [0.29, 0.717) is 6.04 Å². The second-order valence-electron chi connectivity index (χ2n) is 2.76. The van der Waals surface area contributed by atoms with Crippen LogP contribution in [0.5, 0.6) is 0 Å². The average Bonchev–Trinajstić information content (AvgIpc) is 1.88. The molecule has 1 atom stereocenters. The Labute approximate surface area is 74.0 Å². The fourth-order valence-corrected chi connectivity index (χ4v) is 1.14. The Morgan fingerprint density at radius 1 is 1.27 bits per heavy atom. The largest absolute Gasteiger partial charge is 1.00 e. The second-order valence-corrected chi connectivity index (χ2v) is 2.76. The minimum Gasteiger partial charge on any atom is -1.00 e. The predicted molar refractivity (Wildman–Crippen MR) is 42.5 cm³/mol. The zero-order valence-corrected chi connectivity index (χ0v) is 7.73. The first-order chi connectivity index (χ1) is 4.72. The SMILES string of the molecule is Cc1ccccc1[C@H](C)[NH3+].[Cl-]. The molecule has 0 amide bonds. The number of rotatable bonds is 1. The van der Waals surface area contributed by atoms with Crippen molar-refractivity contribution < 1.29 is 18.1 Å². The summed E-state index contributed by atoms with van der Waals surface area (Å²) in [5.41, 5.74) is 6.66. The van der Waals surface area contributed by atoms with Gasteiger partial charge in [0.2, 0.25) is 0 Å². The summed E-state index contributed by atoms with van der Waals surface area (Å²) < 4.78 is 0. The first-order valence-corrected chi connectivity index (χ1v) is 3.60. The number of hydrogen-bond donors (Lipinski definition) is 1. The van der Waals surface area contributed by atoms with Crippen molar-refractivity contribution in [1.82, 2.24) is 0 Å². The fourth-order valence-electron chi connectivity index (χ4n) is 1.14.